The van der Waals surface area contributed by atoms with Gasteiger partial charge in [-0.1, -0.05) is 24.3 Å². The van der Waals surface area contributed by atoms with Crippen LogP contribution < -0.4 is 0 Å². The molecule has 0 unspecified atom stereocenters. The fraction of sp³-hybridized carbons (Fsp3) is 0.542. The van der Waals surface area contributed by atoms with E-state index in [2.05, 4.69) is 137 Å². The molecule has 2 heterocycles. The van der Waals surface area contributed by atoms with Gasteiger partial charge in [-0.25, -0.2) is 0 Å². The van der Waals surface area contributed by atoms with Crippen molar-refractivity contribution in [1.82, 2.24) is 0 Å². The Morgan fingerprint density at radius 1 is 0.571 bits per heavy atom. The summed E-state index contributed by atoms with van der Waals surface area (Å²) in [5, 5.41) is 0. The second kappa shape index (κ2) is 20.8. The second-order valence-corrected chi connectivity index (χ2v) is 32.1. The third-order valence-electron chi connectivity index (χ3n) is 13.2. The molecule has 1 atom stereocenters. The van der Waals surface area contributed by atoms with Crippen molar-refractivity contribution in [2.75, 3.05) is 0 Å². The number of rotatable bonds is 14. The molecule has 56 heavy (non-hydrogen) atoms. The first kappa shape index (κ1) is 49.0. The molecule has 0 bridgehead atoms. The van der Waals surface area contributed by atoms with Gasteiger partial charge < -0.3 is 7.43 Å². The maximum absolute atomic E-state index is 7.18. The number of allylic oxidation sites excluding steroid dienone is 8. The van der Waals surface area contributed by atoms with Crippen molar-refractivity contribution in [1.29, 1.82) is 0 Å². The summed E-state index contributed by atoms with van der Waals surface area (Å²) >= 11 is -3.06. The van der Waals surface area contributed by atoms with Crippen LogP contribution in [0.4, 0.5) is 0 Å². The molecule has 4 aliphatic rings. The van der Waals surface area contributed by atoms with Gasteiger partial charge in [0.1, 0.15) is 0 Å². The van der Waals surface area contributed by atoms with E-state index in [9.17, 15) is 0 Å². The third-order valence-corrected chi connectivity index (χ3v) is 30.5. The summed E-state index contributed by atoms with van der Waals surface area (Å²) in [6, 6.07) is 22.2. The molecule has 6 rings (SSSR count). The molecular weight excluding hydrogens is 840 g/mol. The van der Waals surface area contributed by atoms with Crippen LogP contribution in [-0.4, -0.2) is 55.0 Å². The van der Waals surface area contributed by atoms with Crippen LogP contribution in [0.2, 0.25) is 17.2 Å². The standard InChI is InChI=1S/C30H37B2O4.C5H5.3C4H9.CH3.Co.Sn/c1-27(2)28(3,4)34-31(33-27)24-20-19-23(21-15-11-9-12-16-21)26(25(24)22-17-13-10-14-18-22)32-35-29(5,6)30(7,8)36-32;1-2-4-5-3-1;3*1-3-4-2;;;/h9-18,20H,19H2,1-8H3;1-5H;3*1,3-4H2,2H3;1H3;;/q;;;;;-1;;. The number of hydrogen-bond donors (Lipinski definition) is 0. The molecule has 0 amide bonds. The Hall–Kier alpha value is -1.32. The molecule has 8 heteroatoms. The zero-order valence-corrected chi connectivity index (χ0v) is 40.8. The molecule has 2 aliphatic carbocycles. The van der Waals surface area contributed by atoms with Crippen LogP contribution in [0, 0.1) is 13.8 Å². The fourth-order valence-corrected chi connectivity index (χ4v) is 27.3. The van der Waals surface area contributed by atoms with Gasteiger partial charge in [-0.05, 0) is 0 Å². The SMILES string of the molecule is CCC[CH2][Sn]([CH2]CCC)([CH2]CCC)[C@H]1CC(c2ccccc2)=C(B2OC(C)(C)C(C)(C)O2)C(c2ccccc2)=C1B1OC(C)(C)C(C)(C)O1.[CH3-].[CH]1C=CC=C1.[Co]. The first-order chi connectivity index (χ1) is 25.6. The van der Waals surface area contributed by atoms with Crippen LogP contribution in [0.3, 0.4) is 0 Å². The molecule has 308 valence electrons. The van der Waals surface area contributed by atoms with E-state index in [4.69, 9.17) is 18.6 Å². The Bertz CT molecular complexity index is 1600. The van der Waals surface area contributed by atoms with Crippen LogP contribution in [0.5, 0.6) is 0 Å². The van der Waals surface area contributed by atoms with Gasteiger partial charge in [0.25, 0.3) is 0 Å². The zero-order chi connectivity index (χ0) is 39.2. The molecule has 0 aromatic heterocycles. The van der Waals surface area contributed by atoms with E-state index in [0.29, 0.717) is 3.93 Å². The van der Waals surface area contributed by atoms with Gasteiger partial charge in [-0.15, -0.1) is 0 Å². The zero-order valence-electron chi connectivity index (χ0n) is 36.9. The van der Waals surface area contributed by atoms with E-state index in [1.54, 1.807) is 0 Å². The summed E-state index contributed by atoms with van der Waals surface area (Å²) < 4.78 is 33.1. The van der Waals surface area contributed by atoms with Crippen LogP contribution in [-0.2, 0) is 35.4 Å². The number of unbranched alkanes of at least 4 members (excludes halogenated alkanes) is 3. The number of benzene rings is 2. The summed E-state index contributed by atoms with van der Waals surface area (Å²) in [6.07, 6.45) is 18.7. The predicted molar refractivity (Wildman–Crippen MR) is 241 cm³/mol. The quantitative estimate of drug-likeness (QED) is 0.140. The van der Waals surface area contributed by atoms with Crippen LogP contribution >= 0.6 is 0 Å². The second-order valence-electron chi connectivity index (χ2n) is 18.0. The Labute approximate surface area is 358 Å². The van der Waals surface area contributed by atoms with E-state index < -0.39 is 55.0 Å². The smallest absolute Gasteiger partial charge is 0.00506 e. The summed E-state index contributed by atoms with van der Waals surface area (Å²) in [5.74, 6) is 0. The summed E-state index contributed by atoms with van der Waals surface area (Å²) in [6.45, 7) is 24.6. The summed E-state index contributed by atoms with van der Waals surface area (Å²) in [4.78, 5) is 0. The first-order valence-corrected chi connectivity index (χ1v) is 28.8. The molecule has 2 aliphatic heterocycles. The first-order valence-electron chi connectivity index (χ1n) is 21.1. The molecule has 2 fully saturated rings. The van der Waals surface area contributed by atoms with Crippen molar-refractivity contribution in [2.24, 2.45) is 0 Å². The fourth-order valence-electron chi connectivity index (χ4n) is 8.57. The minimum absolute atomic E-state index is 0. The monoisotopic (exact) mass is 913 g/mol. The van der Waals surface area contributed by atoms with Gasteiger partial charge in [0, 0.05) is 23.2 Å². The normalized spacial score (nSPS) is 21.8. The maximum Gasteiger partial charge on any atom is 0.00506 e. The number of hydrogen-bond acceptors (Lipinski definition) is 4. The third kappa shape index (κ3) is 10.7. The van der Waals surface area contributed by atoms with E-state index in [-0.39, 0.29) is 24.2 Å². The van der Waals surface area contributed by atoms with Crippen molar-refractivity contribution in [2.45, 2.75) is 161 Å². The summed E-state index contributed by atoms with van der Waals surface area (Å²) in [7, 11) is -0.943. The van der Waals surface area contributed by atoms with Gasteiger partial charge in [-0.3, -0.25) is 0 Å². The van der Waals surface area contributed by atoms with Crippen molar-refractivity contribution < 1.29 is 35.4 Å². The van der Waals surface area contributed by atoms with Gasteiger partial charge in [-0.2, -0.15) is 0 Å². The van der Waals surface area contributed by atoms with Crippen molar-refractivity contribution in [3.8, 4) is 0 Å². The van der Waals surface area contributed by atoms with Gasteiger partial charge in [0.15, 0.2) is 0 Å². The Morgan fingerprint density at radius 2 is 0.964 bits per heavy atom. The van der Waals surface area contributed by atoms with Crippen molar-refractivity contribution >= 4 is 43.8 Å². The van der Waals surface area contributed by atoms with Gasteiger partial charge in [0.2, 0.25) is 0 Å². The van der Waals surface area contributed by atoms with Gasteiger partial charge in [0.05, 0.1) is 0 Å². The molecule has 2 aromatic rings. The molecular formula is C48H72B2CoO4Sn-. The minimum atomic E-state index is -3.06. The van der Waals surface area contributed by atoms with E-state index in [1.807, 2.05) is 30.7 Å². The van der Waals surface area contributed by atoms with Crippen LogP contribution in [0.1, 0.15) is 132 Å². The van der Waals surface area contributed by atoms with Crippen LogP contribution in [0.15, 0.2) is 95.9 Å². The predicted octanol–water partition coefficient (Wildman–Crippen LogP) is 13.5. The van der Waals surface area contributed by atoms with Crippen molar-refractivity contribution in [3.63, 3.8) is 0 Å². The van der Waals surface area contributed by atoms with E-state index in [0.717, 1.165) is 6.42 Å². The molecule has 2 saturated heterocycles. The largest absolute Gasteiger partial charge is 0.358 e. The Morgan fingerprint density at radius 3 is 1.34 bits per heavy atom. The van der Waals surface area contributed by atoms with E-state index in [1.165, 1.54) is 85.1 Å². The average molecular weight is 912 g/mol. The molecule has 0 N–H and O–H groups in total. The Balaban J connectivity index is 0.00000111. The maximum atomic E-state index is 7.18. The van der Waals surface area contributed by atoms with Crippen LogP contribution in [0.25, 0.3) is 11.1 Å². The minimum Gasteiger partial charge on any atom is -0.358 e. The topological polar surface area (TPSA) is 36.9 Å². The molecule has 4 nitrogen and oxygen atoms in total. The molecule has 0 saturated carbocycles. The summed E-state index contributed by atoms with van der Waals surface area (Å²) in [5.41, 5.74) is 5.83. The van der Waals surface area contributed by atoms with Gasteiger partial charge >= 0.3 is 306 Å². The van der Waals surface area contributed by atoms with Crippen molar-refractivity contribution in [3.05, 3.63) is 121 Å². The molecule has 0 spiro atoms. The van der Waals surface area contributed by atoms with E-state index >= 15 is 0 Å². The average Bonchev–Trinajstić information content (AvgIpc) is 3.85. The Kier molecular flexibility index (Phi) is 18.2. The molecule has 2 aromatic carbocycles. The molecule has 2 radical (unpaired) electrons.